The van der Waals surface area contributed by atoms with Gasteiger partial charge in [0.2, 0.25) is 0 Å². The van der Waals surface area contributed by atoms with E-state index >= 15 is 0 Å². The summed E-state index contributed by atoms with van der Waals surface area (Å²) < 4.78 is 25.6. The molecule has 0 spiro atoms. The molecule has 30 heavy (non-hydrogen) atoms. The lowest BCUT2D eigenvalue weighted by atomic mass is 9.75. The van der Waals surface area contributed by atoms with Crippen LogP contribution >= 0.6 is 0 Å². The summed E-state index contributed by atoms with van der Waals surface area (Å²) in [7, 11) is 0. The third-order valence-corrected chi connectivity index (χ3v) is 5.44. The van der Waals surface area contributed by atoms with Crippen LogP contribution in [-0.2, 0) is 5.41 Å². The Labute approximate surface area is 177 Å². The molecule has 3 heteroatoms. The average molecular weight is 400 g/mol. The lowest BCUT2D eigenvalue weighted by Gasteiger charge is -2.29. The molecular weight excluding hydrogens is 375 g/mol. The highest BCUT2D eigenvalue weighted by molar-refractivity contribution is 5.76. The highest BCUT2D eigenvalue weighted by Gasteiger charge is 2.25. The Morgan fingerprint density at radius 3 is 2.37 bits per heavy atom. The van der Waals surface area contributed by atoms with Gasteiger partial charge in [0.15, 0.2) is 11.6 Å². The zero-order valence-electron chi connectivity index (χ0n) is 17.3. The van der Waals surface area contributed by atoms with Gasteiger partial charge in [0.05, 0.1) is 6.61 Å². The van der Waals surface area contributed by atoms with Crippen molar-refractivity contribution < 1.29 is 13.9 Å². The highest BCUT2D eigenvalue weighted by atomic mass is 19.1. The van der Waals surface area contributed by atoms with Crippen molar-refractivity contribution in [2.24, 2.45) is 0 Å². The van der Waals surface area contributed by atoms with Crippen molar-refractivity contribution in [3.63, 3.8) is 0 Å². The molecule has 0 fully saturated rings. The van der Waals surface area contributed by atoms with Crippen molar-refractivity contribution in [2.45, 2.75) is 25.7 Å². The van der Waals surface area contributed by atoms with Gasteiger partial charge in [-0.1, -0.05) is 61.5 Å². The van der Waals surface area contributed by atoms with E-state index in [1.165, 1.54) is 11.6 Å². The Morgan fingerprint density at radius 1 is 0.933 bits per heavy atom. The van der Waals surface area contributed by atoms with Crippen molar-refractivity contribution in [3.05, 3.63) is 108 Å². The zero-order chi connectivity index (χ0) is 21.0. The molecule has 0 aromatic heterocycles. The van der Waals surface area contributed by atoms with E-state index in [-0.39, 0.29) is 17.0 Å². The minimum absolute atomic E-state index is 0.0857. The van der Waals surface area contributed by atoms with E-state index < -0.39 is 0 Å². The van der Waals surface area contributed by atoms with Gasteiger partial charge in [0.1, 0.15) is 11.5 Å². The summed E-state index contributed by atoms with van der Waals surface area (Å²) in [4.78, 5) is 0. The number of benzene rings is 3. The predicted octanol–water partition coefficient (Wildman–Crippen LogP) is 7.32. The predicted molar refractivity (Wildman–Crippen MR) is 120 cm³/mol. The first-order chi connectivity index (χ1) is 14.6. The average Bonchev–Trinajstić information content (AvgIpc) is 2.77. The topological polar surface area (TPSA) is 18.5 Å². The van der Waals surface area contributed by atoms with E-state index in [2.05, 4.69) is 37.3 Å². The molecular formula is C27H25FO2. The number of allylic oxidation sites excluding steroid dienone is 4. The van der Waals surface area contributed by atoms with Gasteiger partial charge in [-0.2, -0.15) is 0 Å². The summed E-state index contributed by atoms with van der Waals surface area (Å²) in [5.74, 6) is 1.36. The minimum Gasteiger partial charge on any atom is -0.494 e. The van der Waals surface area contributed by atoms with Crippen molar-refractivity contribution in [1.29, 1.82) is 0 Å². The van der Waals surface area contributed by atoms with Crippen LogP contribution in [0.1, 0.15) is 31.4 Å². The molecule has 0 saturated heterocycles. The smallest absolute Gasteiger partial charge is 0.165 e. The monoisotopic (exact) mass is 400 g/mol. The molecule has 1 aliphatic carbocycles. The normalized spacial score (nSPS) is 18.0. The third-order valence-electron chi connectivity index (χ3n) is 5.44. The van der Waals surface area contributed by atoms with Gasteiger partial charge in [-0.3, -0.25) is 0 Å². The van der Waals surface area contributed by atoms with Crippen LogP contribution in [0.3, 0.4) is 0 Å². The van der Waals surface area contributed by atoms with Crippen LogP contribution in [0.25, 0.3) is 5.57 Å². The van der Waals surface area contributed by atoms with Crippen LogP contribution < -0.4 is 9.47 Å². The number of hydrogen-bond acceptors (Lipinski definition) is 2. The molecule has 1 aliphatic rings. The summed E-state index contributed by atoms with van der Waals surface area (Å²) in [5, 5.41) is 0. The van der Waals surface area contributed by atoms with Gasteiger partial charge >= 0.3 is 0 Å². The fourth-order valence-corrected chi connectivity index (χ4v) is 3.64. The molecule has 1 unspecified atom stereocenters. The maximum atomic E-state index is 14.3. The molecule has 0 N–H and O–H groups in total. The molecule has 4 rings (SSSR count). The Balaban J connectivity index is 1.53. The zero-order valence-corrected chi connectivity index (χ0v) is 17.3. The molecule has 0 radical (unpaired) electrons. The maximum Gasteiger partial charge on any atom is 0.165 e. The third kappa shape index (κ3) is 4.30. The van der Waals surface area contributed by atoms with Crippen LogP contribution in [0.2, 0.25) is 0 Å². The van der Waals surface area contributed by atoms with Gasteiger partial charge in [-0.15, -0.1) is 0 Å². The Morgan fingerprint density at radius 2 is 1.70 bits per heavy atom. The van der Waals surface area contributed by atoms with Crippen molar-refractivity contribution in [1.82, 2.24) is 0 Å². The van der Waals surface area contributed by atoms with Crippen molar-refractivity contribution in [2.75, 3.05) is 6.61 Å². The molecule has 1 atom stereocenters. The Kier molecular flexibility index (Phi) is 5.71. The summed E-state index contributed by atoms with van der Waals surface area (Å²) in [6, 6.07) is 22.6. The number of hydrogen-bond donors (Lipinski definition) is 0. The lowest BCUT2D eigenvalue weighted by molar-refractivity contribution is 0.340. The second kappa shape index (κ2) is 8.58. The summed E-state index contributed by atoms with van der Waals surface area (Å²) in [6.07, 6.45) is 7.40. The van der Waals surface area contributed by atoms with Gasteiger partial charge in [-0.05, 0) is 66.4 Å². The maximum absolute atomic E-state index is 14.3. The summed E-state index contributed by atoms with van der Waals surface area (Å²) >= 11 is 0. The second-order valence-electron chi connectivity index (χ2n) is 7.63. The summed E-state index contributed by atoms with van der Waals surface area (Å²) in [5.41, 5.74) is 3.16. The Bertz CT molecular complexity index is 1070. The molecule has 0 bridgehead atoms. The number of rotatable bonds is 6. The Hall–Kier alpha value is -3.33. The summed E-state index contributed by atoms with van der Waals surface area (Å²) in [6.45, 7) is 4.87. The van der Waals surface area contributed by atoms with Crippen LogP contribution in [0.5, 0.6) is 17.2 Å². The van der Waals surface area contributed by atoms with Crippen LogP contribution in [-0.4, -0.2) is 6.61 Å². The molecule has 3 aromatic carbocycles. The fourth-order valence-electron chi connectivity index (χ4n) is 3.64. The van der Waals surface area contributed by atoms with Crippen LogP contribution in [0.4, 0.5) is 4.39 Å². The van der Waals surface area contributed by atoms with E-state index in [0.717, 1.165) is 23.3 Å². The van der Waals surface area contributed by atoms with Crippen molar-refractivity contribution in [3.8, 4) is 17.2 Å². The molecule has 152 valence electrons. The number of para-hydroxylation sites is 1. The van der Waals surface area contributed by atoms with Gasteiger partial charge in [0.25, 0.3) is 0 Å². The highest BCUT2D eigenvalue weighted by Crippen LogP contribution is 2.37. The van der Waals surface area contributed by atoms with E-state index in [4.69, 9.17) is 9.47 Å². The first-order valence-electron chi connectivity index (χ1n) is 10.2. The molecule has 0 saturated carbocycles. The van der Waals surface area contributed by atoms with Crippen LogP contribution in [0.15, 0.2) is 91.0 Å². The fraction of sp³-hybridized carbons (Fsp3) is 0.185. The van der Waals surface area contributed by atoms with E-state index in [0.29, 0.717) is 12.4 Å². The van der Waals surface area contributed by atoms with Gasteiger partial charge in [-0.25, -0.2) is 4.39 Å². The molecule has 3 aromatic rings. The lowest BCUT2D eigenvalue weighted by Crippen LogP contribution is -2.20. The van der Waals surface area contributed by atoms with Gasteiger partial charge in [0, 0.05) is 5.41 Å². The number of halogens is 1. The van der Waals surface area contributed by atoms with E-state index in [9.17, 15) is 4.39 Å². The molecule has 0 heterocycles. The van der Waals surface area contributed by atoms with E-state index in [1.807, 2.05) is 49.4 Å². The second-order valence-corrected chi connectivity index (χ2v) is 7.63. The van der Waals surface area contributed by atoms with E-state index in [1.54, 1.807) is 12.1 Å². The van der Waals surface area contributed by atoms with Gasteiger partial charge < -0.3 is 9.47 Å². The number of ether oxygens (including phenoxy) is 2. The first kappa shape index (κ1) is 20.0. The quantitative estimate of drug-likeness (QED) is 0.432. The van der Waals surface area contributed by atoms with Crippen LogP contribution in [0, 0.1) is 5.82 Å². The standard InChI is InChI=1S/C27H25FO2/c1-3-29-23-12-10-22(11-13-23)27(2)17-15-20(16-18-27)21-9-14-25(28)26(19-21)30-24-7-5-4-6-8-24/h4-17,19H,3,18H2,1-2H3. The SMILES string of the molecule is CCOc1ccc(C2(C)C=CC(c3ccc(F)c(Oc4ccccc4)c3)=CC2)cc1. The first-order valence-corrected chi connectivity index (χ1v) is 10.2. The molecule has 0 amide bonds. The molecule has 2 nitrogen and oxygen atoms in total. The minimum atomic E-state index is -0.373. The molecule has 0 aliphatic heterocycles. The largest absolute Gasteiger partial charge is 0.494 e. The van der Waals surface area contributed by atoms with Crippen molar-refractivity contribution >= 4 is 5.57 Å².